The predicted molar refractivity (Wildman–Crippen MR) is 92.9 cm³/mol. The monoisotopic (exact) mass is 460 g/mol. The third kappa shape index (κ3) is 4.43. The summed E-state index contributed by atoms with van der Waals surface area (Å²) in [5.41, 5.74) is 1.15. The lowest BCUT2D eigenvalue weighted by Crippen LogP contribution is -2.19. The lowest BCUT2D eigenvalue weighted by atomic mass is 10.2. The van der Waals surface area contributed by atoms with Gasteiger partial charge < -0.3 is 15.7 Å². The van der Waals surface area contributed by atoms with Crippen LogP contribution in [0.25, 0.3) is 0 Å². The Kier molecular flexibility index (Phi) is 5.18. The van der Waals surface area contributed by atoms with Gasteiger partial charge in [0.05, 0.1) is 5.56 Å². The molecule has 21 heavy (non-hydrogen) atoms. The first-order valence-electron chi connectivity index (χ1n) is 5.82. The number of hydrogen-bond donors (Lipinski definition) is 3. The van der Waals surface area contributed by atoms with Gasteiger partial charge in [-0.1, -0.05) is 6.07 Å². The molecule has 3 N–H and O–H groups in total. The highest BCUT2D eigenvalue weighted by atomic mass is 127. The van der Waals surface area contributed by atoms with E-state index in [0.717, 1.165) is 3.57 Å². The second-order valence-corrected chi connectivity index (χ2v) is 6.19. The Bertz CT molecular complexity index is 706. The summed E-state index contributed by atoms with van der Waals surface area (Å²) in [7, 11) is 0. The van der Waals surface area contributed by atoms with Crippen LogP contribution in [0.15, 0.2) is 46.9 Å². The molecule has 2 amide bonds. The number of halogens is 2. The van der Waals surface area contributed by atoms with Crippen molar-refractivity contribution in [3.05, 3.63) is 56.1 Å². The van der Waals surface area contributed by atoms with E-state index in [-0.39, 0.29) is 5.56 Å². The molecule has 0 unspecified atom stereocenters. The number of carboxylic acid groups (broad SMARTS) is 1. The second kappa shape index (κ2) is 6.90. The van der Waals surface area contributed by atoms with Crippen LogP contribution in [0.2, 0.25) is 0 Å². The van der Waals surface area contributed by atoms with Gasteiger partial charge in [0.2, 0.25) is 0 Å². The van der Waals surface area contributed by atoms with E-state index in [0.29, 0.717) is 15.8 Å². The van der Waals surface area contributed by atoms with Gasteiger partial charge >= 0.3 is 12.0 Å². The van der Waals surface area contributed by atoms with Crippen LogP contribution in [-0.2, 0) is 0 Å². The van der Waals surface area contributed by atoms with Gasteiger partial charge in [-0.05, 0) is 74.9 Å². The maximum Gasteiger partial charge on any atom is 0.336 e. The maximum absolute atomic E-state index is 11.9. The topological polar surface area (TPSA) is 78.4 Å². The average molecular weight is 461 g/mol. The summed E-state index contributed by atoms with van der Waals surface area (Å²) >= 11 is 5.30. The summed E-state index contributed by atoms with van der Waals surface area (Å²) in [5, 5.41) is 14.3. The molecule has 0 bridgehead atoms. The highest BCUT2D eigenvalue weighted by molar-refractivity contribution is 14.1. The number of anilines is 2. The first-order chi connectivity index (χ1) is 9.95. The standard InChI is InChI=1S/C14H10BrIN2O3/c15-12-5-4-10(7-11(12)13(19)20)18-14(21)17-9-3-1-2-8(16)6-9/h1-7H,(H,19,20)(H2,17,18,21). The molecule has 0 aliphatic carbocycles. The van der Waals surface area contributed by atoms with Gasteiger partial charge in [-0.15, -0.1) is 0 Å². The first-order valence-corrected chi connectivity index (χ1v) is 7.69. The van der Waals surface area contributed by atoms with Crippen molar-refractivity contribution in [3.8, 4) is 0 Å². The Morgan fingerprint density at radius 1 is 1.05 bits per heavy atom. The predicted octanol–water partition coefficient (Wildman–Crippen LogP) is 4.40. The van der Waals surface area contributed by atoms with Crippen LogP contribution >= 0.6 is 38.5 Å². The number of urea groups is 1. The van der Waals surface area contributed by atoms with Crippen LogP contribution in [0.5, 0.6) is 0 Å². The fourth-order valence-corrected chi connectivity index (χ4v) is 2.59. The molecule has 0 atom stereocenters. The molecule has 0 spiro atoms. The van der Waals surface area contributed by atoms with E-state index in [9.17, 15) is 9.59 Å². The molecule has 0 aliphatic heterocycles. The van der Waals surface area contributed by atoms with Crippen LogP contribution < -0.4 is 10.6 Å². The van der Waals surface area contributed by atoms with Gasteiger partial charge in [-0.2, -0.15) is 0 Å². The Labute approximate surface area is 143 Å². The van der Waals surface area contributed by atoms with E-state index < -0.39 is 12.0 Å². The van der Waals surface area contributed by atoms with E-state index in [1.54, 1.807) is 18.2 Å². The number of rotatable bonds is 3. The van der Waals surface area contributed by atoms with Gasteiger partial charge in [-0.25, -0.2) is 9.59 Å². The van der Waals surface area contributed by atoms with Gasteiger partial charge in [0.25, 0.3) is 0 Å². The fraction of sp³-hybridized carbons (Fsp3) is 0. The molecular weight excluding hydrogens is 451 g/mol. The number of carbonyl (C=O) groups excluding carboxylic acids is 1. The number of hydrogen-bond acceptors (Lipinski definition) is 2. The average Bonchev–Trinajstić information content (AvgIpc) is 2.40. The lowest BCUT2D eigenvalue weighted by Gasteiger charge is -2.09. The molecule has 2 rings (SSSR count). The summed E-state index contributed by atoms with van der Waals surface area (Å²) in [6.07, 6.45) is 0. The molecule has 5 nitrogen and oxygen atoms in total. The van der Waals surface area contributed by atoms with Crippen LogP contribution in [0.3, 0.4) is 0 Å². The summed E-state index contributed by atoms with van der Waals surface area (Å²) in [5.74, 6) is -1.07. The second-order valence-electron chi connectivity index (χ2n) is 4.09. The summed E-state index contributed by atoms with van der Waals surface area (Å²) in [4.78, 5) is 22.9. The molecule has 0 aromatic heterocycles. The number of nitrogens with one attached hydrogen (secondary N) is 2. The number of amides is 2. The van der Waals surface area contributed by atoms with Crippen LogP contribution in [-0.4, -0.2) is 17.1 Å². The minimum absolute atomic E-state index is 0.0852. The van der Waals surface area contributed by atoms with Crippen LogP contribution in [0.1, 0.15) is 10.4 Å². The molecule has 2 aromatic rings. The Morgan fingerprint density at radius 3 is 2.33 bits per heavy atom. The van der Waals surface area contributed by atoms with Crippen LogP contribution in [0, 0.1) is 3.57 Å². The van der Waals surface area contributed by atoms with Gasteiger partial charge in [0, 0.05) is 19.4 Å². The summed E-state index contributed by atoms with van der Waals surface area (Å²) in [6.45, 7) is 0. The number of benzene rings is 2. The van der Waals surface area contributed by atoms with Crippen molar-refractivity contribution in [1.29, 1.82) is 0 Å². The number of aromatic carboxylic acids is 1. The zero-order valence-corrected chi connectivity index (χ0v) is 14.3. The molecule has 108 valence electrons. The smallest absolute Gasteiger partial charge is 0.336 e. The van der Waals surface area contributed by atoms with Crippen molar-refractivity contribution in [1.82, 2.24) is 0 Å². The zero-order valence-electron chi connectivity index (χ0n) is 10.6. The third-order valence-electron chi connectivity index (χ3n) is 2.54. The number of carboxylic acids is 1. The van der Waals surface area contributed by atoms with Crippen molar-refractivity contribution in [2.45, 2.75) is 0 Å². The molecular formula is C14H10BrIN2O3. The SMILES string of the molecule is O=C(Nc1cccc(I)c1)Nc1ccc(Br)c(C(=O)O)c1. The van der Waals surface area contributed by atoms with E-state index in [1.165, 1.54) is 6.07 Å². The van der Waals surface area contributed by atoms with E-state index in [1.807, 2.05) is 18.2 Å². The quantitative estimate of drug-likeness (QED) is 0.594. The molecule has 0 saturated heterocycles. The maximum atomic E-state index is 11.9. The van der Waals surface area contributed by atoms with Crippen molar-refractivity contribution in [2.24, 2.45) is 0 Å². The van der Waals surface area contributed by atoms with E-state index in [2.05, 4.69) is 49.2 Å². The molecule has 2 aromatic carbocycles. The van der Waals surface area contributed by atoms with Gasteiger partial charge in [-0.3, -0.25) is 0 Å². The Morgan fingerprint density at radius 2 is 1.71 bits per heavy atom. The van der Waals surface area contributed by atoms with Crippen molar-refractivity contribution in [3.63, 3.8) is 0 Å². The lowest BCUT2D eigenvalue weighted by molar-refractivity contribution is 0.0696. The normalized spacial score (nSPS) is 10.0. The minimum atomic E-state index is -1.07. The Hall–Kier alpha value is -1.61. The van der Waals surface area contributed by atoms with Gasteiger partial charge in [0.15, 0.2) is 0 Å². The van der Waals surface area contributed by atoms with E-state index in [4.69, 9.17) is 5.11 Å². The fourth-order valence-electron chi connectivity index (χ4n) is 1.63. The molecule has 7 heteroatoms. The van der Waals surface area contributed by atoms with Crippen molar-refractivity contribution < 1.29 is 14.7 Å². The highest BCUT2D eigenvalue weighted by Gasteiger charge is 2.10. The molecule has 0 radical (unpaired) electrons. The van der Waals surface area contributed by atoms with Crippen molar-refractivity contribution in [2.75, 3.05) is 10.6 Å². The largest absolute Gasteiger partial charge is 0.478 e. The highest BCUT2D eigenvalue weighted by Crippen LogP contribution is 2.21. The first kappa shape index (κ1) is 15.8. The van der Waals surface area contributed by atoms with Crippen LogP contribution in [0.4, 0.5) is 16.2 Å². The Balaban J connectivity index is 2.09. The number of carbonyl (C=O) groups is 2. The van der Waals surface area contributed by atoms with Crippen molar-refractivity contribution >= 4 is 61.9 Å². The molecule has 0 fully saturated rings. The molecule has 0 aliphatic rings. The third-order valence-corrected chi connectivity index (χ3v) is 3.90. The molecule has 0 heterocycles. The van der Waals surface area contributed by atoms with E-state index >= 15 is 0 Å². The minimum Gasteiger partial charge on any atom is -0.478 e. The summed E-state index contributed by atoms with van der Waals surface area (Å²) < 4.78 is 1.46. The summed E-state index contributed by atoms with van der Waals surface area (Å²) in [6, 6.07) is 11.5. The zero-order chi connectivity index (χ0) is 15.4. The van der Waals surface area contributed by atoms with Gasteiger partial charge in [0.1, 0.15) is 0 Å². The molecule has 0 saturated carbocycles.